The number of aliphatic hydroxyl groups excluding tert-OH is 1. The monoisotopic (exact) mass is 352 g/mol. The van der Waals surface area contributed by atoms with Crippen molar-refractivity contribution in [3.63, 3.8) is 0 Å². The molecule has 2 atom stereocenters. The number of rotatable bonds is 7. The molecule has 0 aliphatic heterocycles. The van der Waals surface area contributed by atoms with Gasteiger partial charge in [0.1, 0.15) is 5.82 Å². The fourth-order valence-electron chi connectivity index (χ4n) is 2.89. The molecule has 0 spiro atoms. The van der Waals surface area contributed by atoms with Crippen molar-refractivity contribution in [1.29, 1.82) is 0 Å². The minimum atomic E-state index is -1.09. The maximum Gasteiger partial charge on any atom is 0.329 e. The quantitative estimate of drug-likeness (QED) is 0.669. The highest BCUT2D eigenvalue weighted by atomic mass is 16.3. The summed E-state index contributed by atoms with van der Waals surface area (Å²) < 4.78 is 3.06. The SMILES string of the molecule is C[C@H](CCc1nc2c(c(=O)[nH]c(=O)n2C)n1C)CCC(O)C(C)(C)O. The number of aryl methyl sites for hydroxylation is 3. The molecule has 8 nitrogen and oxygen atoms in total. The Balaban J connectivity index is 2.08. The van der Waals surface area contributed by atoms with E-state index >= 15 is 0 Å². The van der Waals surface area contributed by atoms with Gasteiger partial charge in [0, 0.05) is 20.5 Å². The molecule has 0 aromatic carbocycles. The summed E-state index contributed by atoms with van der Waals surface area (Å²) in [6, 6.07) is 0. The molecule has 140 valence electrons. The number of fused-ring (bicyclic) bond motifs is 1. The van der Waals surface area contributed by atoms with Gasteiger partial charge in [0.25, 0.3) is 5.56 Å². The first-order chi connectivity index (χ1) is 11.5. The van der Waals surface area contributed by atoms with Crippen molar-refractivity contribution in [2.75, 3.05) is 0 Å². The summed E-state index contributed by atoms with van der Waals surface area (Å²) in [6.07, 6.45) is 2.06. The van der Waals surface area contributed by atoms with Gasteiger partial charge in [-0.25, -0.2) is 9.78 Å². The number of H-pyrrole nitrogens is 1. The molecule has 0 amide bonds. The third-order valence-electron chi connectivity index (χ3n) is 4.84. The van der Waals surface area contributed by atoms with E-state index in [4.69, 9.17) is 0 Å². The van der Waals surface area contributed by atoms with Gasteiger partial charge in [0.05, 0.1) is 11.7 Å². The minimum absolute atomic E-state index is 0.332. The molecular weight excluding hydrogens is 324 g/mol. The molecule has 2 aromatic heterocycles. The molecule has 3 N–H and O–H groups in total. The van der Waals surface area contributed by atoms with E-state index in [1.54, 1.807) is 32.5 Å². The topological polar surface area (TPSA) is 113 Å². The molecule has 0 radical (unpaired) electrons. The second-order valence-electron chi connectivity index (χ2n) is 7.47. The van der Waals surface area contributed by atoms with Gasteiger partial charge in [-0.3, -0.25) is 14.3 Å². The Labute approximate surface area is 146 Å². The number of hydrogen-bond acceptors (Lipinski definition) is 5. The standard InChI is InChI=1S/C17H28N4O4/c1-10(6-8-11(22)17(2,3)25)7-9-12-18-14-13(20(12)4)15(23)19-16(24)21(14)5/h10-11,22,25H,6-9H2,1-5H3,(H,19,23,24)/t10-,11?/m0/s1. The third-order valence-corrected chi connectivity index (χ3v) is 4.84. The summed E-state index contributed by atoms with van der Waals surface area (Å²) in [5.74, 6) is 1.08. The predicted octanol–water partition coefficient (Wildman–Crippen LogP) is 0.441. The number of hydrogen-bond donors (Lipinski definition) is 3. The van der Waals surface area contributed by atoms with Crippen LogP contribution in [-0.4, -0.2) is 41.0 Å². The summed E-state index contributed by atoms with van der Waals surface area (Å²) in [5, 5.41) is 19.7. The van der Waals surface area contributed by atoms with Crippen LogP contribution in [0.2, 0.25) is 0 Å². The third kappa shape index (κ3) is 4.19. The summed E-state index contributed by atoms with van der Waals surface area (Å²) in [5.41, 5.74) is -1.22. The van der Waals surface area contributed by atoms with Crippen molar-refractivity contribution in [3.05, 3.63) is 26.7 Å². The van der Waals surface area contributed by atoms with Crippen LogP contribution in [0.5, 0.6) is 0 Å². The van der Waals surface area contributed by atoms with Crippen LogP contribution in [0, 0.1) is 5.92 Å². The van der Waals surface area contributed by atoms with Crippen molar-refractivity contribution in [2.24, 2.45) is 20.0 Å². The molecule has 0 aliphatic carbocycles. The van der Waals surface area contributed by atoms with Crippen molar-refractivity contribution >= 4 is 11.2 Å². The summed E-state index contributed by atoms with van der Waals surface area (Å²) in [4.78, 5) is 30.4. The van der Waals surface area contributed by atoms with Crippen LogP contribution >= 0.6 is 0 Å². The molecule has 0 bridgehead atoms. The van der Waals surface area contributed by atoms with E-state index in [1.165, 1.54) is 4.57 Å². The number of aromatic nitrogens is 4. The zero-order valence-corrected chi connectivity index (χ0v) is 15.5. The van der Waals surface area contributed by atoms with Crippen LogP contribution in [0.4, 0.5) is 0 Å². The summed E-state index contributed by atoms with van der Waals surface area (Å²) >= 11 is 0. The first-order valence-electron chi connectivity index (χ1n) is 8.57. The average Bonchev–Trinajstić information content (AvgIpc) is 2.84. The Morgan fingerprint density at radius 1 is 1.16 bits per heavy atom. The largest absolute Gasteiger partial charge is 0.390 e. The maximum atomic E-state index is 12.0. The van der Waals surface area contributed by atoms with Gasteiger partial charge in [-0.1, -0.05) is 6.92 Å². The molecule has 8 heteroatoms. The Morgan fingerprint density at radius 3 is 2.40 bits per heavy atom. The van der Waals surface area contributed by atoms with Gasteiger partial charge >= 0.3 is 5.69 Å². The average molecular weight is 352 g/mol. The second-order valence-corrected chi connectivity index (χ2v) is 7.47. The number of nitrogens with zero attached hydrogens (tertiary/aromatic N) is 3. The molecule has 2 aromatic rings. The molecule has 2 rings (SSSR count). The molecule has 0 aliphatic rings. The van der Waals surface area contributed by atoms with Crippen LogP contribution in [-0.2, 0) is 20.5 Å². The van der Waals surface area contributed by atoms with Crippen molar-refractivity contribution in [2.45, 2.75) is 58.2 Å². The molecule has 0 fully saturated rings. The zero-order chi connectivity index (χ0) is 18.9. The van der Waals surface area contributed by atoms with Gasteiger partial charge in [0.15, 0.2) is 11.2 Å². The van der Waals surface area contributed by atoms with Crippen molar-refractivity contribution in [3.8, 4) is 0 Å². The molecular formula is C17H28N4O4. The predicted molar refractivity (Wildman–Crippen MR) is 95.6 cm³/mol. The van der Waals surface area contributed by atoms with Crippen molar-refractivity contribution < 1.29 is 10.2 Å². The van der Waals surface area contributed by atoms with E-state index < -0.39 is 23.0 Å². The minimum Gasteiger partial charge on any atom is -0.390 e. The number of aromatic amines is 1. The van der Waals surface area contributed by atoms with Crippen LogP contribution in [0.1, 0.15) is 45.9 Å². The summed E-state index contributed by atoms with van der Waals surface area (Å²) in [7, 11) is 3.35. The number of aliphatic hydroxyl groups is 2. The summed E-state index contributed by atoms with van der Waals surface area (Å²) in [6.45, 7) is 5.29. The lowest BCUT2D eigenvalue weighted by Gasteiger charge is -2.25. The molecule has 0 saturated heterocycles. The second kappa shape index (κ2) is 7.13. The van der Waals surface area contributed by atoms with E-state index in [-0.39, 0.29) is 0 Å². The highest BCUT2D eigenvalue weighted by Gasteiger charge is 2.24. The lowest BCUT2D eigenvalue weighted by molar-refractivity contribution is -0.0534. The normalized spacial score (nSPS) is 14.8. The molecule has 2 heterocycles. The lowest BCUT2D eigenvalue weighted by atomic mass is 9.92. The molecule has 1 unspecified atom stereocenters. The van der Waals surface area contributed by atoms with Crippen LogP contribution in [0.25, 0.3) is 11.2 Å². The van der Waals surface area contributed by atoms with E-state index in [1.807, 2.05) is 0 Å². The van der Waals surface area contributed by atoms with Crippen molar-refractivity contribution in [1.82, 2.24) is 19.1 Å². The van der Waals surface area contributed by atoms with Gasteiger partial charge in [-0.15, -0.1) is 0 Å². The number of imidazole rings is 1. The van der Waals surface area contributed by atoms with E-state index in [2.05, 4.69) is 16.9 Å². The van der Waals surface area contributed by atoms with Gasteiger partial charge < -0.3 is 14.8 Å². The Kier molecular flexibility index (Phi) is 5.53. The van der Waals surface area contributed by atoms with E-state index in [0.717, 1.165) is 18.7 Å². The van der Waals surface area contributed by atoms with E-state index in [9.17, 15) is 19.8 Å². The Morgan fingerprint density at radius 2 is 1.80 bits per heavy atom. The van der Waals surface area contributed by atoms with E-state index in [0.29, 0.717) is 29.9 Å². The maximum absolute atomic E-state index is 12.0. The fourth-order valence-corrected chi connectivity index (χ4v) is 2.89. The molecule has 25 heavy (non-hydrogen) atoms. The smallest absolute Gasteiger partial charge is 0.329 e. The van der Waals surface area contributed by atoms with Crippen LogP contribution in [0.3, 0.4) is 0 Å². The Hall–Kier alpha value is -1.93. The van der Waals surface area contributed by atoms with Crippen LogP contribution in [0.15, 0.2) is 9.59 Å². The first kappa shape index (κ1) is 19.4. The fraction of sp³-hybridized carbons (Fsp3) is 0.706. The Bertz CT molecular complexity index is 856. The first-order valence-corrected chi connectivity index (χ1v) is 8.57. The van der Waals surface area contributed by atoms with Crippen LogP contribution < -0.4 is 11.2 Å². The lowest BCUT2D eigenvalue weighted by Crippen LogP contribution is -2.35. The van der Waals surface area contributed by atoms with Gasteiger partial charge in [-0.05, 0) is 39.0 Å². The highest BCUT2D eigenvalue weighted by molar-refractivity contribution is 5.70. The zero-order valence-electron chi connectivity index (χ0n) is 15.5. The molecule has 0 saturated carbocycles. The van der Waals surface area contributed by atoms with Gasteiger partial charge in [-0.2, -0.15) is 0 Å². The number of nitrogens with one attached hydrogen (secondary N) is 1. The highest BCUT2D eigenvalue weighted by Crippen LogP contribution is 2.20. The van der Waals surface area contributed by atoms with Gasteiger partial charge in [0.2, 0.25) is 0 Å².